The maximum Gasteiger partial charge on any atom is 0.305 e. The van der Waals surface area contributed by atoms with Crippen LogP contribution in [0.2, 0.25) is 0 Å². The summed E-state index contributed by atoms with van der Waals surface area (Å²) in [5, 5.41) is 10.3. The molecule has 0 amide bonds. The smallest absolute Gasteiger partial charge is 0.274 e. The first kappa shape index (κ1) is 9.88. The van der Waals surface area contributed by atoms with E-state index in [0.29, 0.717) is 5.56 Å². The molecule has 0 saturated carbocycles. The summed E-state index contributed by atoms with van der Waals surface area (Å²) < 4.78 is 17.0. The van der Waals surface area contributed by atoms with Crippen molar-refractivity contribution in [2.75, 3.05) is 0 Å². The highest BCUT2D eigenvalue weighted by molar-refractivity contribution is 6.07. The summed E-state index contributed by atoms with van der Waals surface area (Å²) in [7, 11) is 0. The van der Waals surface area contributed by atoms with E-state index in [1.807, 2.05) is 0 Å². The molecule has 0 unspecified atom stereocenters. The van der Waals surface area contributed by atoms with E-state index < -0.39 is 16.4 Å². The topological polar surface area (TPSA) is 52.4 Å². The molecule has 0 aromatic heterocycles. The summed E-state index contributed by atoms with van der Waals surface area (Å²) in [6.07, 6.45) is 0. The van der Waals surface area contributed by atoms with Crippen molar-refractivity contribution in [3.8, 4) is 0 Å². The normalized spacial score (nSPS) is 10.0. The van der Waals surface area contributed by atoms with Gasteiger partial charge in [0.2, 0.25) is 5.82 Å². The van der Waals surface area contributed by atoms with E-state index in [1.165, 1.54) is 6.07 Å². The predicted molar refractivity (Wildman–Crippen MR) is 43.7 cm³/mol. The van der Waals surface area contributed by atoms with Gasteiger partial charge in [0.05, 0.1) is 23.4 Å². The molecule has 0 fully saturated rings. The van der Waals surface area contributed by atoms with Crippen LogP contribution in [0.5, 0.6) is 0 Å². The van der Waals surface area contributed by atoms with Crippen molar-refractivity contribution in [3.63, 3.8) is 0 Å². The summed E-state index contributed by atoms with van der Waals surface area (Å²) in [5.74, 6) is -0.872. The van der Waals surface area contributed by atoms with E-state index in [2.05, 4.69) is 4.29 Å². The molecule has 1 aromatic carbocycles. The number of nitro groups is 1. The van der Waals surface area contributed by atoms with Crippen LogP contribution < -0.4 is 0 Å². The van der Waals surface area contributed by atoms with Gasteiger partial charge >= 0.3 is 5.69 Å². The number of halogens is 2. The van der Waals surface area contributed by atoms with E-state index >= 15 is 0 Å². The lowest BCUT2D eigenvalue weighted by Crippen LogP contribution is -1.94. The molecule has 70 valence electrons. The molecule has 0 radical (unpaired) electrons. The molecule has 0 spiro atoms. The summed E-state index contributed by atoms with van der Waals surface area (Å²) in [4.78, 5) is 9.47. The van der Waals surface area contributed by atoms with Gasteiger partial charge in [0.25, 0.3) is 0 Å². The first-order valence-electron chi connectivity index (χ1n) is 3.31. The van der Waals surface area contributed by atoms with Gasteiger partial charge in [0, 0.05) is 6.07 Å². The minimum atomic E-state index is -0.872. The number of nitro benzene ring substituents is 1. The van der Waals surface area contributed by atoms with Crippen LogP contribution in [0, 0.1) is 15.9 Å². The fourth-order valence-corrected chi connectivity index (χ4v) is 0.977. The van der Waals surface area contributed by atoms with Gasteiger partial charge in [-0.1, -0.05) is 6.07 Å². The van der Waals surface area contributed by atoms with Gasteiger partial charge in [-0.15, -0.1) is 0 Å². The number of rotatable bonds is 3. The molecule has 0 aliphatic heterocycles. The number of benzene rings is 1. The van der Waals surface area contributed by atoms with Crippen molar-refractivity contribution in [3.05, 3.63) is 39.7 Å². The average Bonchev–Trinajstić information content (AvgIpc) is 2.08. The molecule has 0 aliphatic carbocycles. The fourth-order valence-electron chi connectivity index (χ4n) is 0.851. The molecular weight excluding hydrogens is 201 g/mol. The SMILES string of the molecule is O=[N+]([O-])c1cc(COCl)ccc1F. The largest absolute Gasteiger partial charge is 0.305 e. The zero-order valence-electron chi connectivity index (χ0n) is 6.37. The lowest BCUT2D eigenvalue weighted by molar-refractivity contribution is -0.387. The molecule has 0 saturated heterocycles. The zero-order valence-corrected chi connectivity index (χ0v) is 7.12. The summed E-state index contributed by atoms with van der Waals surface area (Å²) in [6, 6.07) is 3.45. The van der Waals surface area contributed by atoms with Crippen molar-refractivity contribution >= 4 is 17.6 Å². The van der Waals surface area contributed by atoms with Crippen molar-refractivity contribution in [2.24, 2.45) is 0 Å². The highest BCUT2D eigenvalue weighted by Gasteiger charge is 2.13. The Morgan fingerprint density at radius 2 is 2.31 bits per heavy atom. The van der Waals surface area contributed by atoms with E-state index in [9.17, 15) is 14.5 Å². The molecule has 0 aliphatic rings. The second kappa shape index (κ2) is 4.15. The quantitative estimate of drug-likeness (QED) is 0.562. The van der Waals surface area contributed by atoms with Crippen LogP contribution in [-0.2, 0) is 10.9 Å². The Kier molecular flexibility index (Phi) is 3.16. The molecule has 0 heterocycles. The predicted octanol–water partition coefficient (Wildman–Crippen LogP) is 2.40. The third kappa shape index (κ3) is 2.37. The molecule has 0 atom stereocenters. The first-order valence-corrected chi connectivity index (χ1v) is 3.62. The van der Waals surface area contributed by atoms with Gasteiger partial charge < -0.3 is 0 Å². The third-order valence-corrected chi connectivity index (χ3v) is 1.54. The summed E-state index contributed by atoms with van der Waals surface area (Å²) >= 11 is 4.94. The Morgan fingerprint density at radius 1 is 1.62 bits per heavy atom. The van der Waals surface area contributed by atoms with Gasteiger partial charge in [0.15, 0.2) is 0 Å². The zero-order chi connectivity index (χ0) is 9.84. The van der Waals surface area contributed by atoms with Crippen molar-refractivity contribution in [1.29, 1.82) is 0 Å². The Bertz CT molecular complexity index is 332. The van der Waals surface area contributed by atoms with Gasteiger partial charge in [-0.25, -0.2) is 0 Å². The van der Waals surface area contributed by atoms with E-state index in [0.717, 1.165) is 12.1 Å². The number of hydrogen-bond donors (Lipinski definition) is 0. The second-order valence-corrected chi connectivity index (χ2v) is 2.51. The summed E-state index contributed by atoms with van der Waals surface area (Å²) in [6.45, 7) is 0.00265. The molecule has 4 nitrogen and oxygen atoms in total. The minimum absolute atomic E-state index is 0.00265. The van der Waals surface area contributed by atoms with Crippen LogP contribution in [0.25, 0.3) is 0 Å². The first-order chi connectivity index (χ1) is 6.15. The van der Waals surface area contributed by atoms with Crippen molar-refractivity contribution in [2.45, 2.75) is 6.61 Å². The lowest BCUT2D eigenvalue weighted by Gasteiger charge is -1.98. The molecule has 0 bridgehead atoms. The van der Waals surface area contributed by atoms with Gasteiger partial charge in [-0.2, -0.15) is 4.39 Å². The Balaban J connectivity index is 3.04. The molecule has 0 N–H and O–H groups in total. The van der Waals surface area contributed by atoms with Crippen LogP contribution in [0.4, 0.5) is 10.1 Å². The second-order valence-electron chi connectivity index (χ2n) is 2.30. The maximum atomic E-state index is 12.7. The highest BCUT2D eigenvalue weighted by Crippen LogP contribution is 2.18. The molecule has 6 heteroatoms. The Labute approximate surface area is 78.2 Å². The van der Waals surface area contributed by atoms with Crippen LogP contribution >= 0.6 is 11.9 Å². The lowest BCUT2D eigenvalue weighted by atomic mass is 10.2. The standard InChI is InChI=1S/C7H5ClFNO3/c8-13-4-5-1-2-6(9)7(3-5)10(11)12/h1-3H,4H2. The maximum absolute atomic E-state index is 12.7. The molecule has 13 heavy (non-hydrogen) atoms. The average molecular weight is 206 g/mol. The van der Waals surface area contributed by atoms with Gasteiger partial charge in [-0.3, -0.25) is 14.4 Å². The third-order valence-electron chi connectivity index (χ3n) is 1.43. The van der Waals surface area contributed by atoms with Crippen LogP contribution in [-0.4, -0.2) is 4.92 Å². The van der Waals surface area contributed by atoms with Gasteiger partial charge in [-0.05, 0) is 11.6 Å². The van der Waals surface area contributed by atoms with E-state index in [1.54, 1.807) is 0 Å². The van der Waals surface area contributed by atoms with Crippen LogP contribution in [0.3, 0.4) is 0 Å². The molecule has 1 rings (SSSR count). The Morgan fingerprint density at radius 3 is 2.85 bits per heavy atom. The number of nitrogens with zero attached hydrogens (tertiary/aromatic N) is 1. The van der Waals surface area contributed by atoms with Crippen molar-refractivity contribution < 1.29 is 13.6 Å². The highest BCUT2D eigenvalue weighted by atomic mass is 35.5. The van der Waals surface area contributed by atoms with Crippen molar-refractivity contribution in [1.82, 2.24) is 0 Å². The Hall–Kier alpha value is -1.20. The molecular formula is C7H5ClFNO3. The van der Waals surface area contributed by atoms with E-state index in [-0.39, 0.29) is 6.61 Å². The minimum Gasteiger partial charge on any atom is -0.274 e. The number of hydrogen-bond acceptors (Lipinski definition) is 3. The fraction of sp³-hybridized carbons (Fsp3) is 0.143. The summed E-state index contributed by atoms with van der Waals surface area (Å²) in [5.41, 5.74) is -0.130. The van der Waals surface area contributed by atoms with E-state index in [4.69, 9.17) is 11.9 Å². The van der Waals surface area contributed by atoms with Crippen LogP contribution in [0.15, 0.2) is 18.2 Å². The monoisotopic (exact) mass is 205 g/mol. The van der Waals surface area contributed by atoms with Gasteiger partial charge in [0.1, 0.15) is 0 Å². The van der Waals surface area contributed by atoms with Crippen LogP contribution in [0.1, 0.15) is 5.56 Å². The molecule has 1 aromatic rings.